The second-order valence-corrected chi connectivity index (χ2v) is 5.10. The highest BCUT2D eigenvalue weighted by molar-refractivity contribution is 6.29. The van der Waals surface area contributed by atoms with Crippen LogP contribution < -0.4 is 4.74 Å². The van der Waals surface area contributed by atoms with Crippen molar-refractivity contribution in [2.75, 3.05) is 6.61 Å². The topological polar surface area (TPSA) is 52.3 Å². The summed E-state index contributed by atoms with van der Waals surface area (Å²) in [6.45, 7) is 0.666. The van der Waals surface area contributed by atoms with Gasteiger partial charge in [0, 0.05) is 5.56 Å². The van der Waals surface area contributed by atoms with Crippen LogP contribution in [0, 0.1) is 0 Å². The average molecular weight is 287 g/mol. The number of fused-ring (bicyclic) bond motifs is 2. The van der Waals surface area contributed by atoms with E-state index in [1.807, 2.05) is 22.6 Å². The Labute approximate surface area is 120 Å². The summed E-state index contributed by atoms with van der Waals surface area (Å²) in [6.07, 6.45) is 4.12. The predicted octanol–water partition coefficient (Wildman–Crippen LogP) is 2.69. The number of benzene rings is 1. The van der Waals surface area contributed by atoms with E-state index in [2.05, 4.69) is 21.2 Å². The highest BCUT2D eigenvalue weighted by atomic mass is 35.5. The molecule has 0 N–H and O–H groups in total. The van der Waals surface area contributed by atoms with Crippen LogP contribution in [0.25, 0.3) is 5.65 Å². The van der Waals surface area contributed by atoms with Crippen molar-refractivity contribution in [1.29, 1.82) is 0 Å². The highest BCUT2D eigenvalue weighted by Gasteiger charge is 2.27. The third-order valence-corrected chi connectivity index (χ3v) is 3.83. The molecule has 1 aliphatic heterocycles. The molecule has 0 spiro atoms. The third-order valence-electron chi connectivity index (χ3n) is 3.57. The summed E-state index contributed by atoms with van der Waals surface area (Å²) in [4.78, 5) is 4.04. The van der Waals surface area contributed by atoms with E-state index in [1.165, 1.54) is 0 Å². The molecular formula is C14H11ClN4O. The zero-order valence-corrected chi connectivity index (χ0v) is 11.3. The summed E-state index contributed by atoms with van der Waals surface area (Å²) in [5, 5.41) is 8.98. The van der Waals surface area contributed by atoms with Gasteiger partial charge in [-0.1, -0.05) is 29.8 Å². The first-order valence-electron chi connectivity index (χ1n) is 6.41. The molecule has 20 heavy (non-hydrogen) atoms. The molecule has 4 rings (SSSR count). The molecule has 0 radical (unpaired) electrons. The minimum Gasteiger partial charge on any atom is -0.493 e. The molecule has 0 amide bonds. The summed E-state index contributed by atoms with van der Waals surface area (Å²) in [5.41, 5.74) is 1.79. The Balaban J connectivity index is 1.93. The van der Waals surface area contributed by atoms with Gasteiger partial charge in [0.05, 0.1) is 24.9 Å². The van der Waals surface area contributed by atoms with Crippen LogP contribution >= 0.6 is 11.6 Å². The first-order chi connectivity index (χ1) is 9.84. The normalized spacial score (nSPS) is 17.8. The van der Waals surface area contributed by atoms with E-state index in [1.54, 1.807) is 12.4 Å². The molecule has 0 bridgehead atoms. The fourth-order valence-electron chi connectivity index (χ4n) is 2.67. The number of rotatable bonds is 1. The molecule has 0 saturated carbocycles. The molecule has 0 saturated heterocycles. The zero-order valence-electron chi connectivity index (χ0n) is 10.5. The molecule has 1 aliphatic rings. The third kappa shape index (κ3) is 1.67. The van der Waals surface area contributed by atoms with Gasteiger partial charge in [-0.3, -0.25) is 9.38 Å². The van der Waals surface area contributed by atoms with Crippen molar-refractivity contribution >= 4 is 17.2 Å². The van der Waals surface area contributed by atoms with Gasteiger partial charge in [0.1, 0.15) is 16.7 Å². The molecular weight excluding hydrogens is 276 g/mol. The molecule has 100 valence electrons. The molecule has 6 heteroatoms. The van der Waals surface area contributed by atoms with Gasteiger partial charge in [0.25, 0.3) is 0 Å². The summed E-state index contributed by atoms with van der Waals surface area (Å²) < 4.78 is 7.54. The minimum absolute atomic E-state index is 0.134. The Kier molecular flexibility index (Phi) is 2.60. The lowest BCUT2D eigenvalue weighted by Gasteiger charge is -2.24. The van der Waals surface area contributed by atoms with Crippen molar-refractivity contribution in [2.24, 2.45) is 0 Å². The van der Waals surface area contributed by atoms with E-state index in [0.29, 0.717) is 17.4 Å². The Hall–Kier alpha value is -2.14. The Bertz CT molecular complexity index is 786. The molecule has 2 aromatic heterocycles. The van der Waals surface area contributed by atoms with Crippen LogP contribution in [0.15, 0.2) is 36.7 Å². The lowest BCUT2D eigenvalue weighted by atomic mass is 9.92. The lowest BCUT2D eigenvalue weighted by molar-refractivity contribution is 0.274. The van der Waals surface area contributed by atoms with Crippen molar-refractivity contribution in [1.82, 2.24) is 19.6 Å². The number of hydrogen-bond donors (Lipinski definition) is 0. The van der Waals surface area contributed by atoms with E-state index in [-0.39, 0.29) is 5.92 Å². The fraction of sp³-hybridized carbons (Fsp3) is 0.214. The SMILES string of the molecule is Clc1cncc2nnc(C3CCOc4ccccc43)n12. The monoisotopic (exact) mass is 286 g/mol. The average Bonchev–Trinajstić information content (AvgIpc) is 2.92. The maximum atomic E-state index is 6.24. The van der Waals surface area contributed by atoms with Crippen LogP contribution in [-0.4, -0.2) is 26.2 Å². The van der Waals surface area contributed by atoms with Gasteiger partial charge in [-0.25, -0.2) is 0 Å². The number of ether oxygens (including phenoxy) is 1. The Morgan fingerprint density at radius 1 is 1.20 bits per heavy atom. The second-order valence-electron chi connectivity index (χ2n) is 4.71. The zero-order chi connectivity index (χ0) is 13.5. The standard InChI is InChI=1S/C14H11ClN4O/c15-12-7-16-8-13-17-18-14(19(12)13)10-5-6-20-11-4-2-1-3-9(10)11/h1-4,7-8,10H,5-6H2. The maximum Gasteiger partial charge on any atom is 0.180 e. The van der Waals surface area contributed by atoms with Gasteiger partial charge in [-0.05, 0) is 12.5 Å². The summed E-state index contributed by atoms with van der Waals surface area (Å²) in [5.74, 6) is 1.88. The lowest BCUT2D eigenvalue weighted by Crippen LogP contribution is -2.17. The van der Waals surface area contributed by atoms with Gasteiger partial charge in [-0.15, -0.1) is 10.2 Å². The second kappa shape index (κ2) is 4.45. The molecule has 1 atom stereocenters. The number of aromatic nitrogens is 4. The van der Waals surface area contributed by atoms with Crippen LogP contribution in [0.1, 0.15) is 23.7 Å². The van der Waals surface area contributed by atoms with Crippen molar-refractivity contribution in [3.05, 3.63) is 53.2 Å². The number of para-hydroxylation sites is 1. The van der Waals surface area contributed by atoms with Crippen molar-refractivity contribution in [2.45, 2.75) is 12.3 Å². The van der Waals surface area contributed by atoms with Gasteiger partial charge in [-0.2, -0.15) is 0 Å². The van der Waals surface area contributed by atoms with E-state index in [4.69, 9.17) is 16.3 Å². The minimum atomic E-state index is 0.134. The van der Waals surface area contributed by atoms with E-state index < -0.39 is 0 Å². The van der Waals surface area contributed by atoms with Crippen LogP contribution in [-0.2, 0) is 0 Å². The molecule has 3 aromatic rings. The smallest absolute Gasteiger partial charge is 0.180 e. The summed E-state index contributed by atoms with van der Waals surface area (Å²) >= 11 is 6.24. The van der Waals surface area contributed by atoms with Gasteiger partial charge >= 0.3 is 0 Å². The number of nitrogens with zero attached hydrogens (tertiary/aromatic N) is 4. The molecule has 0 aliphatic carbocycles. The number of hydrogen-bond acceptors (Lipinski definition) is 4. The van der Waals surface area contributed by atoms with Gasteiger partial charge in [0.15, 0.2) is 5.65 Å². The highest BCUT2D eigenvalue weighted by Crippen LogP contribution is 2.37. The van der Waals surface area contributed by atoms with Crippen molar-refractivity contribution in [3.8, 4) is 5.75 Å². The van der Waals surface area contributed by atoms with Crippen LogP contribution in [0.2, 0.25) is 5.15 Å². The van der Waals surface area contributed by atoms with Crippen LogP contribution in [0.5, 0.6) is 5.75 Å². The quantitative estimate of drug-likeness (QED) is 0.690. The molecule has 0 fully saturated rings. The van der Waals surface area contributed by atoms with E-state index >= 15 is 0 Å². The summed E-state index contributed by atoms with van der Waals surface area (Å²) in [6, 6.07) is 8.02. The fourth-order valence-corrected chi connectivity index (χ4v) is 2.90. The van der Waals surface area contributed by atoms with Crippen LogP contribution in [0.4, 0.5) is 0 Å². The van der Waals surface area contributed by atoms with Crippen LogP contribution in [0.3, 0.4) is 0 Å². The first kappa shape index (κ1) is 11.7. The van der Waals surface area contributed by atoms with Crippen molar-refractivity contribution in [3.63, 3.8) is 0 Å². The number of halogens is 1. The van der Waals surface area contributed by atoms with E-state index in [0.717, 1.165) is 23.6 Å². The van der Waals surface area contributed by atoms with Crippen molar-refractivity contribution < 1.29 is 4.74 Å². The Morgan fingerprint density at radius 2 is 2.10 bits per heavy atom. The molecule has 1 unspecified atom stereocenters. The molecule has 1 aromatic carbocycles. The van der Waals surface area contributed by atoms with Gasteiger partial charge < -0.3 is 4.74 Å². The van der Waals surface area contributed by atoms with E-state index in [9.17, 15) is 0 Å². The Morgan fingerprint density at radius 3 is 3.05 bits per heavy atom. The van der Waals surface area contributed by atoms with Gasteiger partial charge in [0.2, 0.25) is 0 Å². The summed E-state index contributed by atoms with van der Waals surface area (Å²) in [7, 11) is 0. The molecule has 3 heterocycles. The molecule has 5 nitrogen and oxygen atoms in total. The maximum absolute atomic E-state index is 6.24. The first-order valence-corrected chi connectivity index (χ1v) is 6.78. The largest absolute Gasteiger partial charge is 0.493 e. The predicted molar refractivity (Wildman–Crippen MR) is 74.2 cm³/mol.